The zero-order valence-electron chi connectivity index (χ0n) is 30.3. The number of benzene rings is 3. The summed E-state index contributed by atoms with van der Waals surface area (Å²) in [6.45, 7) is -0.361. The number of rotatable bonds is 8. The lowest BCUT2D eigenvalue weighted by Gasteiger charge is -2.49. The average molecular weight is 808 g/mol. The van der Waals surface area contributed by atoms with Crippen LogP contribution in [0.3, 0.4) is 0 Å². The lowest BCUT2D eigenvalue weighted by Crippen LogP contribution is -2.59. The molecule has 1 aliphatic carbocycles. The summed E-state index contributed by atoms with van der Waals surface area (Å²) in [5, 5.41) is 10.9. The zero-order valence-corrected chi connectivity index (χ0v) is 31.8. The summed E-state index contributed by atoms with van der Waals surface area (Å²) < 4.78 is 34.7. The van der Waals surface area contributed by atoms with Gasteiger partial charge < -0.3 is 23.9 Å². The van der Waals surface area contributed by atoms with Gasteiger partial charge in [0.1, 0.15) is 11.5 Å². The smallest absolute Gasteiger partial charge is 0.347 e. The number of fused-ring (bicyclic) bond motifs is 5. The molecule has 18 heteroatoms. The van der Waals surface area contributed by atoms with Gasteiger partial charge in [0.05, 0.1) is 50.6 Å². The SMILES string of the molecule is COc1ccc([C@H]2C3=CCn4c(=O)n(CCc5nc6cc(OC)c(OC)cc6n(C)c5=O)c(=O)n4[C@@H]3C[C@@]3(Cl)C(=O)N(c4ccc(F)cc4)C(=O)[C@@]23Cl)cc1O. The van der Waals surface area contributed by atoms with Crippen molar-refractivity contribution in [1.82, 2.24) is 23.5 Å². The summed E-state index contributed by atoms with van der Waals surface area (Å²) >= 11 is 14.7. The van der Waals surface area contributed by atoms with Crippen LogP contribution in [0.25, 0.3) is 11.0 Å². The van der Waals surface area contributed by atoms with Gasteiger partial charge in [-0.05, 0) is 47.5 Å². The molecule has 3 aromatic carbocycles. The number of nitrogens with zero attached hydrogens (tertiary/aromatic N) is 6. The molecule has 0 unspecified atom stereocenters. The van der Waals surface area contributed by atoms with Gasteiger partial charge in [-0.15, -0.1) is 23.2 Å². The molecular formula is C38H33Cl2FN6O9. The van der Waals surface area contributed by atoms with Crippen molar-refractivity contribution < 1.29 is 33.3 Å². The Labute approximate surface area is 326 Å². The van der Waals surface area contributed by atoms with Crippen LogP contribution in [0.15, 0.2) is 80.6 Å². The predicted octanol–water partition coefficient (Wildman–Crippen LogP) is 3.37. The van der Waals surface area contributed by atoms with Crippen LogP contribution in [-0.2, 0) is 36.1 Å². The van der Waals surface area contributed by atoms with Crippen LogP contribution in [0.1, 0.15) is 29.6 Å². The number of allylic oxidation sites excluding steroid dienone is 2. The number of hydrogen-bond acceptors (Lipinski definition) is 10. The molecule has 1 N–H and O–H groups in total. The molecule has 2 aliphatic heterocycles. The van der Waals surface area contributed by atoms with E-state index in [1.165, 1.54) is 59.5 Å². The number of carbonyl (C=O) groups is 2. The highest BCUT2D eigenvalue weighted by Crippen LogP contribution is 2.64. The maximum absolute atomic E-state index is 14.5. The fourth-order valence-electron chi connectivity index (χ4n) is 8.25. The predicted molar refractivity (Wildman–Crippen MR) is 202 cm³/mol. The fraction of sp³-hybridized carbons (Fsp3) is 0.316. The molecule has 0 bridgehead atoms. The van der Waals surface area contributed by atoms with E-state index in [1.807, 2.05) is 0 Å². The van der Waals surface area contributed by atoms with E-state index >= 15 is 0 Å². The molecule has 3 aliphatic rings. The first-order valence-electron chi connectivity index (χ1n) is 17.3. The molecular weight excluding hydrogens is 774 g/mol. The second-order valence-electron chi connectivity index (χ2n) is 13.7. The first-order valence-corrected chi connectivity index (χ1v) is 18.1. The Balaban J connectivity index is 1.23. The van der Waals surface area contributed by atoms with Crippen LogP contribution < -0.4 is 36.0 Å². The Morgan fingerprint density at radius 3 is 2.23 bits per heavy atom. The highest BCUT2D eigenvalue weighted by atomic mass is 35.5. The van der Waals surface area contributed by atoms with Crippen LogP contribution in [0.5, 0.6) is 23.0 Å². The number of aryl methyl sites for hydroxylation is 2. The molecule has 290 valence electrons. The Morgan fingerprint density at radius 1 is 0.893 bits per heavy atom. The fourth-order valence-corrected chi connectivity index (χ4v) is 9.17. The average Bonchev–Trinajstić information content (AvgIpc) is 3.52. The second kappa shape index (κ2) is 13.1. The van der Waals surface area contributed by atoms with Gasteiger partial charge in [0, 0.05) is 44.5 Å². The number of methoxy groups -OCH3 is 3. The van der Waals surface area contributed by atoms with Gasteiger partial charge in [-0.25, -0.2) is 37.8 Å². The van der Waals surface area contributed by atoms with Gasteiger partial charge in [-0.2, -0.15) is 0 Å². The summed E-state index contributed by atoms with van der Waals surface area (Å²) in [6, 6.07) is 11.2. The number of phenolic OH excluding ortho intramolecular Hbond substituents is 1. The molecule has 4 heterocycles. The van der Waals surface area contributed by atoms with Crippen molar-refractivity contribution in [2.75, 3.05) is 26.2 Å². The van der Waals surface area contributed by atoms with E-state index in [1.54, 1.807) is 31.3 Å². The second-order valence-corrected chi connectivity index (χ2v) is 15.0. The number of alkyl halides is 2. The van der Waals surface area contributed by atoms with Crippen molar-refractivity contribution in [3.05, 3.63) is 115 Å². The van der Waals surface area contributed by atoms with Gasteiger partial charge in [0.2, 0.25) is 0 Å². The lowest BCUT2D eigenvalue weighted by molar-refractivity contribution is -0.122. The van der Waals surface area contributed by atoms with Crippen molar-refractivity contribution in [3.63, 3.8) is 0 Å². The number of carbonyl (C=O) groups excluding carboxylic acids is 2. The normalized spacial score (nSPS) is 22.8. The Bertz CT molecular complexity index is 2720. The molecule has 0 spiro atoms. The molecule has 8 rings (SSSR count). The molecule has 56 heavy (non-hydrogen) atoms. The third-order valence-corrected chi connectivity index (χ3v) is 12.4. The third kappa shape index (κ3) is 5.08. The van der Waals surface area contributed by atoms with Crippen molar-refractivity contribution >= 4 is 51.7 Å². The van der Waals surface area contributed by atoms with E-state index in [0.29, 0.717) is 28.1 Å². The summed E-state index contributed by atoms with van der Waals surface area (Å²) in [5.41, 5.74) is -0.209. The Kier molecular flexibility index (Phi) is 8.69. The zero-order chi connectivity index (χ0) is 40.0. The van der Waals surface area contributed by atoms with Gasteiger partial charge in [-0.1, -0.05) is 12.1 Å². The number of amides is 2. The van der Waals surface area contributed by atoms with Crippen LogP contribution in [0.2, 0.25) is 0 Å². The van der Waals surface area contributed by atoms with Crippen molar-refractivity contribution in [3.8, 4) is 23.0 Å². The van der Waals surface area contributed by atoms with E-state index in [-0.39, 0.29) is 48.0 Å². The summed E-state index contributed by atoms with van der Waals surface area (Å²) in [5.74, 6) is -2.99. The lowest BCUT2D eigenvalue weighted by atomic mass is 9.64. The molecule has 5 aromatic rings. The highest BCUT2D eigenvalue weighted by Gasteiger charge is 2.75. The van der Waals surface area contributed by atoms with Crippen molar-refractivity contribution in [2.45, 2.75) is 47.6 Å². The third-order valence-electron chi connectivity index (χ3n) is 11.0. The number of ether oxygens (including phenoxy) is 3. The molecule has 2 aromatic heterocycles. The Hall–Kier alpha value is -5.87. The summed E-state index contributed by atoms with van der Waals surface area (Å²) in [7, 11) is 5.87. The maximum atomic E-state index is 14.5. The monoisotopic (exact) mass is 806 g/mol. The number of phenols is 1. The van der Waals surface area contributed by atoms with E-state index in [2.05, 4.69) is 4.98 Å². The van der Waals surface area contributed by atoms with Crippen LogP contribution in [-0.4, -0.2) is 71.5 Å². The van der Waals surface area contributed by atoms with E-state index in [0.717, 1.165) is 21.6 Å². The van der Waals surface area contributed by atoms with E-state index < -0.39 is 62.7 Å². The largest absolute Gasteiger partial charge is 0.504 e. The van der Waals surface area contributed by atoms with Crippen molar-refractivity contribution in [1.29, 1.82) is 0 Å². The van der Waals surface area contributed by atoms with Gasteiger partial charge in [0.15, 0.2) is 32.7 Å². The number of halogens is 3. The minimum Gasteiger partial charge on any atom is -0.504 e. The maximum Gasteiger partial charge on any atom is 0.347 e. The molecule has 2 amide bonds. The minimum atomic E-state index is -2.22. The number of aromatic nitrogens is 5. The molecule has 1 saturated heterocycles. The first-order chi connectivity index (χ1) is 26.7. The van der Waals surface area contributed by atoms with Crippen molar-refractivity contribution in [2.24, 2.45) is 7.05 Å². The topological polar surface area (TPSA) is 169 Å². The first kappa shape index (κ1) is 37.1. The number of aromatic hydroxyl groups is 1. The van der Waals surface area contributed by atoms with Gasteiger partial charge in [0.25, 0.3) is 17.4 Å². The number of hydrogen-bond donors (Lipinski definition) is 1. The number of anilines is 1. The quantitative estimate of drug-likeness (QED) is 0.140. The van der Waals surface area contributed by atoms with Gasteiger partial charge >= 0.3 is 11.4 Å². The van der Waals surface area contributed by atoms with Gasteiger partial charge in [-0.3, -0.25) is 14.4 Å². The van der Waals surface area contributed by atoms with Crippen LogP contribution in [0, 0.1) is 5.82 Å². The molecule has 15 nitrogen and oxygen atoms in total. The van der Waals surface area contributed by atoms with E-state index in [9.17, 15) is 33.5 Å². The standard InChI is InChI=1S/C38H33Cl2FN6O9/c1-43-25-17-30(56-4)29(55-3)16-24(25)42-23(32(43)49)12-13-44-35(52)45-14-11-22-26(47(45)36(44)53)18-37(39)33(50)46(21-8-6-20(41)7-9-21)34(51)38(37,40)31(22)19-5-10-28(54-2)27(48)15-19/h5-11,15-17,26,31,48H,12-14,18H2,1-4H3/t26-,31+,37-,38+/m1/s1. The van der Waals surface area contributed by atoms with E-state index in [4.69, 9.17) is 37.4 Å². The highest BCUT2D eigenvalue weighted by molar-refractivity contribution is 6.58. The summed E-state index contributed by atoms with van der Waals surface area (Å²) in [4.78, 5) is 71.6. The molecule has 2 fully saturated rings. The molecule has 1 saturated carbocycles. The Morgan fingerprint density at radius 2 is 1.57 bits per heavy atom. The number of imide groups is 1. The summed E-state index contributed by atoms with van der Waals surface area (Å²) in [6.07, 6.45) is 1.16. The van der Waals surface area contributed by atoms with Crippen LogP contribution >= 0.6 is 23.2 Å². The minimum absolute atomic E-state index is 0.0235. The molecule has 4 atom stereocenters. The van der Waals surface area contributed by atoms with Crippen LogP contribution in [0.4, 0.5) is 10.1 Å². The molecule has 0 radical (unpaired) electrons.